The summed E-state index contributed by atoms with van der Waals surface area (Å²) in [6.07, 6.45) is 79.9. The second kappa shape index (κ2) is 58.9. The molecule has 396 valence electrons. The van der Waals surface area contributed by atoms with Crippen LogP contribution in [0.5, 0.6) is 0 Å². The molecule has 0 amide bonds. The number of aliphatic hydroxyl groups excluding tert-OH is 1. The Morgan fingerprint density at radius 3 is 0.897 bits per heavy atom. The average molecular weight is 952 g/mol. The van der Waals surface area contributed by atoms with Crippen molar-refractivity contribution in [3.63, 3.8) is 0 Å². The molecule has 0 spiro atoms. The second-order valence-electron chi connectivity index (χ2n) is 20.1. The highest BCUT2D eigenvalue weighted by Gasteiger charge is 2.15. The molecule has 5 nitrogen and oxygen atoms in total. The van der Waals surface area contributed by atoms with E-state index in [0.717, 1.165) is 51.4 Å². The fraction of sp³-hybridized carbons (Fsp3) is 0.810. The molecule has 1 unspecified atom stereocenters. The van der Waals surface area contributed by atoms with Gasteiger partial charge in [0.15, 0.2) is 6.10 Å². The first-order valence-electron chi connectivity index (χ1n) is 29.8. The maximum Gasteiger partial charge on any atom is 0.310 e. The van der Waals surface area contributed by atoms with Gasteiger partial charge in [0.25, 0.3) is 0 Å². The largest absolute Gasteiger partial charge is 0.462 e. The van der Waals surface area contributed by atoms with E-state index < -0.39 is 12.1 Å². The van der Waals surface area contributed by atoms with E-state index in [-0.39, 0.29) is 25.6 Å². The van der Waals surface area contributed by atoms with Crippen LogP contribution < -0.4 is 0 Å². The SMILES string of the molecule is CC/C=C\C/C=C\C/C=C\C/C=C\C/C=C\CC(=O)OC(CO)COC(=O)CCCCCCCCCCCCCCCCCCCCCCCCCCCCCCCCCCCCCCCCC. The lowest BCUT2D eigenvalue weighted by molar-refractivity contribution is -0.160. The van der Waals surface area contributed by atoms with Crippen LogP contribution in [-0.2, 0) is 19.1 Å². The number of hydrogen-bond acceptors (Lipinski definition) is 5. The molecule has 0 radical (unpaired) electrons. The Morgan fingerprint density at radius 1 is 0.353 bits per heavy atom. The predicted molar refractivity (Wildman–Crippen MR) is 297 cm³/mol. The molecule has 1 atom stereocenters. The molecule has 0 saturated carbocycles. The quantitative estimate of drug-likeness (QED) is 0.0374. The molecule has 68 heavy (non-hydrogen) atoms. The van der Waals surface area contributed by atoms with E-state index in [1.807, 2.05) is 6.08 Å². The monoisotopic (exact) mass is 951 g/mol. The average Bonchev–Trinajstić information content (AvgIpc) is 3.34. The molecular formula is C63H114O5. The molecule has 0 aromatic heterocycles. The van der Waals surface area contributed by atoms with Crippen molar-refractivity contribution in [2.24, 2.45) is 0 Å². The van der Waals surface area contributed by atoms with Gasteiger partial charge in [-0.3, -0.25) is 9.59 Å². The summed E-state index contributed by atoms with van der Waals surface area (Å²) in [4.78, 5) is 24.4. The molecule has 0 fully saturated rings. The number of hydrogen-bond donors (Lipinski definition) is 1. The molecule has 1 N–H and O–H groups in total. The van der Waals surface area contributed by atoms with Crippen LogP contribution in [0.25, 0.3) is 0 Å². The minimum Gasteiger partial charge on any atom is -0.462 e. The van der Waals surface area contributed by atoms with Crippen molar-refractivity contribution >= 4 is 11.9 Å². The van der Waals surface area contributed by atoms with Gasteiger partial charge in [0.05, 0.1) is 13.0 Å². The number of carbonyl (C=O) groups is 2. The highest BCUT2D eigenvalue weighted by atomic mass is 16.6. The minimum atomic E-state index is -0.827. The summed E-state index contributed by atoms with van der Waals surface area (Å²) in [5.74, 6) is -0.729. The Balaban J connectivity index is 3.39. The lowest BCUT2D eigenvalue weighted by atomic mass is 10.0. The van der Waals surface area contributed by atoms with Gasteiger partial charge in [-0.05, 0) is 38.5 Å². The zero-order chi connectivity index (χ0) is 49.2. The van der Waals surface area contributed by atoms with Crippen molar-refractivity contribution in [2.75, 3.05) is 13.2 Å². The van der Waals surface area contributed by atoms with Crippen molar-refractivity contribution in [3.05, 3.63) is 60.8 Å². The van der Waals surface area contributed by atoms with Gasteiger partial charge in [0.2, 0.25) is 0 Å². The Morgan fingerprint density at radius 2 is 0.618 bits per heavy atom. The Hall–Kier alpha value is -2.40. The zero-order valence-corrected chi connectivity index (χ0v) is 45.4. The van der Waals surface area contributed by atoms with Crippen LogP contribution in [-0.4, -0.2) is 36.4 Å². The first-order chi connectivity index (χ1) is 33.6. The second-order valence-corrected chi connectivity index (χ2v) is 20.1. The van der Waals surface area contributed by atoms with E-state index in [1.165, 1.54) is 231 Å². The fourth-order valence-corrected chi connectivity index (χ4v) is 8.93. The molecule has 0 aliphatic heterocycles. The number of allylic oxidation sites excluding steroid dienone is 9. The van der Waals surface area contributed by atoms with E-state index in [4.69, 9.17) is 9.47 Å². The fourth-order valence-electron chi connectivity index (χ4n) is 8.93. The van der Waals surface area contributed by atoms with E-state index >= 15 is 0 Å². The van der Waals surface area contributed by atoms with Gasteiger partial charge in [-0.1, -0.05) is 319 Å². The Labute approximate surface area is 423 Å². The Kier molecular flexibility index (Phi) is 56.8. The van der Waals surface area contributed by atoms with Crippen molar-refractivity contribution < 1.29 is 24.2 Å². The summed E-state index contributed by atoms with van der Waals surface area (Å²) in [5.41, 5.74) is 0. The van der Waals surface area contributed by atoms with Crippen LogP contribution in [0.1, 0.15) is 309 Å². The standard InChI is InChI=1S/C63H114O5/c1-3-5-7-9-11-13-15-17-19-20-21-22-23-24-25-26-27-28-29-30-31-32-33-34-35-36-37-38-39-40-41-42-44-45-47-49-51-53-55-57-62(65)67-60-61(59-64)68-63(66)58-56-54-52-50-48-46-43-18-16-14-12-10-8-6-4-2/h6,8,12,14,18,43,48,50,54,56,61,64H,3-5,7,9-11,13,15-17,19-42,44-47,49,51-53,55,57-60H2,1-2H3/b8-6-,14-12-,43-18-,50-48-,56-54-. The van der Waals surface area contributed by atoms with E-state index in [9.17, 15) is 14.7 Å². The summed E-state index contributed by atoms with van der Waals surface area (Å²) in [7, 11) is 0. The molecule has 0 rings (SSSR count). The van der Waals surface area contributed by atoms with Gasteiger partial charge in [-0.2, -0.15) is 0 Å². The number of esters is 2. The smallest absolute Gasteiger partial charge is 0.310 e. The number of unbranched alkanes of at least 4 members (excludes halogenated alkanes) is 38. The summed E-state index contributed by atoms with van der Waals surface area (Å²) in [6.45, 7) is 3.97. The van der Waals surface area contributed by atoms with Gasteiger partial charge in [0.1, 0.15) is 6.61 Å². The van der Waals surface area contributed by atoms with E-state index in [2.05, 4.69) is 62.5 Å². The van der Waals surface area contributed by atoms with Crippen LogP contribution in [0.2, 0.25) is 0 Å². The maximum absolute atomic E-state index is 12.2. The maximum atomic E-state index is 12.2. The number of rotatable bonds is 55. The van der Waals surface area contributed by atoms with Gasteiger partial charge in [-0.15, -0.1) is 0 Å². The van der Waals surface area contributed by atoms with Crippen molar-refractivity contribution in [2.45, 2.75) is 315 Å². The zero-order valence-electron chi connectivity index (χ0n) is 45.4. The predicted octanol–water partition coefficient (Wildman–Crippen LogP) is 20.2. The number of aliphatic hydroxyl groups is 1. The summed E-state index contributed by atoms with van der Waals surface area (Å²) >= 11 is 0. The third-order valence-corrected chi connectivity index (χ3v) is 13.4. The topological polar surface area (TPSA) is 72.8 Å². The normalized spacial score (nSPS) is 12.6. The molecule has 0 aliphatic carbocycles. The van der Waals surface area contributed by atoms with Crippen molar-refractivity contribution in [3.8, 4) is 0 Å². The Bertz CT molecular complexity index is 1170. The summed E-state index contributed by atoms with van der Waals surface area (Å²) in [5, 5.41) is 9.60. The summed E-state index contributed by atoms with van der Waals surface area (Å²) in [6, 6.07) is 0. The van der Waals surface area contributed by atoms with Crippen LogP contribution in [0.3, 0.4) is 0 Å². The van der Waals surface area contributed by atoms with Crippen LogP contribution >= 0.6 is 0 Å². The summed E-state index contributed by atoms with van der Waals surface area (Å²) < 4.78 is 10.6. The third kappa shape index (κ3) is 56.2. The lowest BCUT2D eigenvalue weighted by Gasteiger charge is -2.15. The van der Waals surface area contributed by atoms with Crippen molar-refractivity contribution in [1.29, 1.82) is 0 Å². The number of carbonyl (C=O) groups excluding carboxylic acids is 2. The molecule has 0 saturated heterocycles. The van der Waals surface area contributed by atoms with E-state index in [0.29, 0.717) is 6.42 Å². The van der Waals surface area contributed by atoms with Crippen LogP contribution in [0.15, 0.2) is 60.8 Å². The molecule has 0 aliphatic rings. The van der Waals surface area contributed by atoms with Crippen LogP contribution in [0, 0.1) is 0 Å². The third-order valence-electron chi connectivity index (χ3n) is 13.4. The first-order valence-corrected chi connectivity index (χ1v) is 29.8. The molecule has 0 bridgehead atoms. The van der Waals surface area contributed by atoms with Gasteiger partial charge in [-0.25, -0.2) is 0 Å². The molecule has 0 heterocycles. The number of ether oxygens (including phenoxy) is 2. The van der Waals surface area contributed by atoms with Gasteiger partial charge < -0.3 is 14.6 Å². The highest BCUT2D eigenvalue weighted by molar-refractivity contribution is 5.71. The lowest BCUT2D eigenvalue weighted by Crippen LogP contribution is -2.28. The highest BCUT2D eigenvalue weighted by Crippen LogP contribution is 2.18. The van der Waals surface area contributed by atoms with Crippen molar-refractivity contribution in [1.82, 2.24) is 0 Å². The minimum absolute atomic E-state index is 0.105. The first kappa shape index (κ1) is 65.6. The van der Waals surface area contributed by atoms with Crippen LogP contribution in [0.4, 0.5) is 0 Å². The molecule has 0 aromatic carbocycles. The van der Waals surface area contributed by atoms with E-state index in [1.54, 1.807) is 6.08 Å². The molecular weight excluding hydrogens is 837 g/mol. The van der Waals surface area contributed by atoms with Gasteiger partial charge >= 0.3 is 11.9 Å². The van der Waals surface area contributed by atoms with Gasteiger partial charge in [0, 0.05) is 6.42 Å². The molecule has 5 heteroatoms. The molecule has 0 aromatic rings.